The number of nitrogens with zero attached hydrogens (tertiary/aromatic N) is 3. The lowest BCUT2D eigenvalue weighted by Gasteiger charge is -2.35. The maximum absolute atomic E-state index is 13.2. The first-order chi connectivity index (χ1) is 13.6. The van der Waals surface area contributed by atoms with Crippen molar-refractivity contribution in [2.45, 2.75) is 13.5 Å². The number of aryl methyl sites for hydroxylation is 1. The normalized spacial score (nSPS) is 15.0. The van der Waals surface area contributed by atoms with Crippen molar-refractivity contribution < 1.29 is 9.53 Å². The number of benzene rings is 2. The molecule has 4 rings (SSSR count). The molecule has 0 radical (unpaired) electrons. The van der Waals surface area contributed by atoms with Gasteiger partial charge in [-0.3, -0.25) is 14.7 Å². The predicted molar refractivity (Wildman–Crippen MR) is 111 cm³/mol. The number of piperazine rings is 1. The van der Waals surface area contributed by atoms with Crippen LogP contribution in [0.1, 0.15) is 21.6 Å². The molecule has 28 heavy (non-hydrogen) atoms. The van der Waals surface area contributed by atoms with Gasteiger partial charge in [0.1, 0.15) is 5.75 Å². The van der Waals surface area contributed by atoms with Crippen molar-refractivity contribution in [2.24, 2.45) is 0 Å². The Hall–Kier alpha value is -2.92. The van der Waals surface area contributed by atoms with Gasteiger partial charge in [-0.25, -0.2) is 0 Å². The molecule has 1 amide bonds. The van der Waals surface area contributed by atoms with Crippen molar-refractivity contribution in [1.29, 1.82) is 0 Å². The molecule has 0 aliphatic carbocycles. The Morgan fingerprint density at radius 3 is 2.46 bits per heavy atom. The van der Waals surface area contributed by atoms with Gasteiger partial charge in [-0.05, 0) is 36.8 Å². The summed E-state index contributed by atoms with van der Waals surface area (Å²) in [5.41, 5.74) is 3.77. The van der Waals surface area contributed by atoms with Gasteiger partial charge in [0.25, 0.3) is 5.91 Å². The van der Waals surface area contributed by atoms with Crippen LogP contribution in [0, 0.1) is 6.92 Å². The third-order valence-corrected chi connectivity index (χ3v) is 5.30. The number of rotatable bonds is 4. The van der Waals surface area contributed by atoms with Crippen LogP contribution in [0.4, 0.5) is 0 Å². The van der Waals surface area contributed by atoms with Gasteiger partial charge in [0, 0.05) is 43.8 Å². The first-order valence-electron chi connectivity index (χ1n) is 9.65. The van der Waals surface area contributed by atoms with E-state index >= 15 is 0 Å². The van der Waals surface area contributed by atoms with Crippen LogP contribution in [-0.4, -0.2) is 54.0 Å². The zero-order valence-electron chi connectivity index (χ0n) is 16.4. The quantitative estimate of drug-likeness (QED) is 0.700. The molecule has 0 saturated carbocycles. The second-order valence-corrected chi connectivity index (χ2v) is 7.24. The number of hydrogen-bond acceptors (Lipinski definition) is 4. The molecule has 0 N–H and O–H groups in total. The predicted octanol–water partition coefficient (Wildman–Crippen LogP) is 3.51. The van der Waals surface area contributed by atoms with E-state index in [0.717, 1.165) is 60.6 Å². The van der Waals surface area contributed by atoms with Crippen molar-refractivity contribution in [2.75, 3.05) is 33.3 Å². The van der Waals surface area contributed by atoms with Gasteiger partial charge in [0.2, 0.25) is 0 Å². The summed E-state index contributed by atoms with van der Waals surface area (Å²) in [5, 5.41) is 0.929. The van der Waals surface area contributed by atoms with Crippen LogP contribution in [0.3, 0.4) is 0 Å². The molecule has 2 aromatic carbocycles. The number of fused-ring (bicyclic) bond motifs is 1. The Morgan fingerprint density at radius 1 is 1.04 bits per heavy atom. The van der Waals surface area contributed by atoms with Gasteiger partial charge in [-0.2, -0.15) is 0 Å². The summed E-state index contributed by atoms with van der Waals surface area (Å²) < 4.78 is 5.22. The van der Waals surface area contributed by atoms with Crippen LogP contribution in [0.5, 0.6) is 5.75 Å². The van der Waals surface area contributed by atoms with Crippen LogP contribution in [0.2, 0.25) is 0 Å². The molecule has 144 valence electrons. The number of hydrogen-bond donors (Lipinski definition) is 0. The standard InChI is InChI=1S/C23H25N3O2/c1-17-15-21(20-5-3-4-6-22(20)24-17)23(27)26-13-11-25(12-14-26)16-18-7-9-19(28-2)10-8-18/h3-10,15H,11-14,16H2,1-2H3. The van der Waals surface area contributed by atoms with E-state index in [1.54, 1.807) is 7.11 Å². The SMILES string of the molecule is COc1ccc(CN2CCN(C(=O)c3cc(C)nc4ccccc34)CC2)cc1. The van der Waals surface area contributed by atoms with Crippen molar-refractivity contribution in [3.05, 3.63) is 71.4 Å². The molecular weight excluding hydrogens is 350 g/mol. The average Bonchev–Trinajstić information content (AvgIpc) is 2.73. The van der Waals surface area contributed by atoms with Crippen LogP contribution in [0.15, 0.2) is 54.6 Å². The second-order valence-electron chi connectivity index (χ2n) is 7.24. The zero-order valence-corrected chi connectivity index (χ0v) is 16.4. The number of para-hydroxylation sites is 1. The van der Waals surface area contributed by atoms with E-state index in [-0.39, 0.29) is 5.91 Å². The summed E-state index contributed by atoms with van der Waals surface area (Å²) in [5.74, 6) is 0.977. The van der Waals surface area contributed by atoms with Crippen molar-refractivity contribution in [3.8, 4) is 5.75 Å². The summed E-state index contributed by atoms with van der Waals surface area (Å²) in [4.78, 5) is 22.1. The third kappa shape index (κ3) is 3.85. The monoisotopic (exact) mass is 375 g/mol. The van der Waals surface area contributed by atoms with Crippen molar-refractivity contribution in [3.63, 3.8) is 0 Å². The Labute approximate surface area is 165 Å². The minimum Gasteiger partial charge on any atom is -0.497 e. The number of ether oxygens (including phenoxy) is 1. The molecule has 0 bridgehead atoms. The number of amides is 1. The summed E-state index contributed by atoms with van der Waals surface area (Å²) in [6.07, 6.45) is 0. The van der Waals surface area contributed by atoms with E-state index in [4.69, 9.17) is 4.74 Å². The fourth-order valence-electron chi connectivity index (χ4n) is 3.75. The number of carbonyl (C=O) groups is 1. The molecule has 0 unspecified atom stereocenters. The molecule has 3 aromatic rings. The van der Waals surface area contributed by atoms with E-state index in [9.17, 15) is 4.79 Å². The Bertz CT molecular complexity index is 977. The molecule has 1 aliphatic rings. The molecule has 1 fully saturated rings. The molecule has 1 aromatic heterocycles. The minimum absolute atomic E-state index is 0.103. The zero-order chi connectivity index (χ0) is 19.5. The second kappa shape index (κ2) is 7.98. The van der Waals surface area contributed by atoms with Crippen LogP contribution < -0.4 is 4.74 Å². The molecule has 5 heteroatoms. The van der Waals surface area contributed by atoms with Crippen LogP contribution >= 0.6 is 0 Å². The molecule has 1 saturated heterocycles. The molecule has 1 aliphatic heterocycles. The van der Waals surface area contributed by atoms with E-state index < -0.39 is 0 Å². The molecule has 0 atom stereocenters. The van der Waals surface area contributed by atoms with Gasteiger partial charge < -0.3 is 9.64 Å². The number of aromatic nitrogens is 1. The Morgan fingerprint density at radius 2 is 1.75 bits per heavy atom. The molecule has 2 heterocycles. The lowest BCUT2D eigenvalue weighted by atomic mass is 10.1. The molecule has 5 nitrogen and oxygen atoms in total. The summed E-state index contributed by atoms with van der Waals surface area (Å²) in [7, 11) is 1.68. The van der Waals surface area contributed by atoms with Crippen molar-refractivity contribution in [1.82, 2.24) is 14.8 Å². The van der Waals surface area contributed by atoms with Crippen LogP contribution in [-0.2, 0) is 6.54 Å². The van der Waals surface area contributed by atoms with Gasteiger partial charge in [0.05, 0.1) is 18.2 Å². The van der Waals surface area contributed by atoms with E-state index in [0.29, 0.717) is 0 Å². The van der Waals surface area contributed by atoms with Gasteiger partial charge >= 0.3 is 0 Å². The molecular formula is C23H25N3O2. The lowest BCUT2D eigenvalue weighted by molar-refractivity contribution is 0.0630. The minimum atomic E-state index is 0.103. The maximum Gasteiger partial charge on any atom is 0.254 e. The highest BCUT2D eigenvalue weighted by molar-refractivity contribution is 6.06. The molecule has 0 spiro atoms. The fraction of sp³-hybridized carbons (Fsp3) is 0.304. The Balaban J connectivity index is 1.43. The van der Waals surface area contributed by atoms with Crippen molar-refractivity contribution >= 4 is 16.8 Å². The first-order valence-corrected chi connectivity index (χ1v) is 9.65. The summed E-state index contributed by atoms with van der Waals surface area (Å²) in [6.45, 7) is 6.06. The largest absolute Gasteiger partial charge is 0.497 e. The van der Waals surface area contributed by atoms with Gasteiger partial charge in [-0.15, -0.1) is 0 Å². The number of carbonyl (C=O) groups excluding carboxylic acids is 1. The lowest BCUT2D eigenvalue weighted by Crippen LogP contribution is -2.48. The summed E-state index contributed by atoms with van der Waals surface area (Å²) >= 11 is 0. The highest BCUT2D eigenvalue weighted by Crippen LogP contribution is 2.21. The summed E-state index contributed by atoms with van der Waals surface area (Å²) in [6, 6.07) is 18.0. The van der Waals surface area contributed by atoms with E-state index in [1.165, 1.54) is 5.56 Å². The Kier molecular flexibility index (Phi) is 5.26. The highest BCUT2D eigenvalue weighted by Gasteiger charge is 2.23. The number of pyridine rings is 1. The fourth-order valence-corrected chi connectivity index (χ4v) is 3.75. The van der Waals surface area contributed by atoms with Crippen LogP contribution in [0.25, 0.3) is 10.9 Å². The smallest absolute Gasteiger partial charge is 0.254 e. The maximum atomic E-state index is 13.2. The van der Waals surface area contributed by atoms with E-state index in [2.05, 4.69) is 22.0 Å². The highest BCUT2D eigenvalue weighted by atomic mass is 16.5. The number of methoxy groups -OCH3 is 1. The topological polar surface area (TPSA) is 45.7 Å². The average molecular weight is 375 g/mol. The third-order valence-electron chi connectivity index (χ3n) is 5.30. The van der Waals surface area contributed by atoms with Gasteiger partial charge in [-0.1, -0.05) is 30.3 Å². The van der Waals surface area contributed by atoms with Gasteiger partial charge in [0.15, 0.2) is 0 Å². The first kappa shape index (κ1) is 18.4. The van der Waals surface area contributed by atoms with E-state index in [1.807, 2.05) is 54.3 Å².